The Morgan fingerprint density at radius 2 is 2.12 bits per heavy atom. The molecule has 1 saturated heterocycles. The summed E-state index contributed by atoms with van der Waals surface area (Å²) in [6, 6.07) is 13.0. The second kappa shape index (κ2) is 5.67. The molecule has 1 atom stereocenters. The summed E-state index contributed by atoms with van der Waals surface area (Å²) in [5, 5.41) is 8.50. The molecule has 0 N–H and O–H groups in total. The van der Waals surface area contributed by atoms with E-state index < -0.39 is 0 Å². The van der Waals surface area contributed by atoms with Crippen LogP contribution in [-0.4, -0.2) is 24.5 Å². The van der Waals surface area contributed by atoms with Crippen LogP contribution < -0.4 is 0 Å². The third-order valence-corrected chi connectivity index (χ3v) is 3.31. The average molecular weight is 214 g/mol. The molecule has 0 saturated carbocycles. The van der Waals surface area contributed by atoms with Crippen LogP contribution in [0.4, 0.5) is 0 Å². The maximum absolute atomic E-state index is 8.50. The minimum Gasteiger partial charge on any atom is -0.303 e. The number of hydrogen-bond donors (Lipinski definition) is 0. The maximum atomic E-state index is 8.50. The third-order valence-electron chi connectivity index (χ3n) is 3.31. The Hall–Kier alpha value is -1.33. The van der Waals surface area contributed by atoms with Gasteiger partial charge in [0.2, 0.25) is 0 Å². The fraction of sp³-hybridized carbons (Fsp3) is 0.500. The molecule has 0 aliphatic carbocycles. The van der Waals surface area contributed by atoms with Gasteiger partial charge in [-0.1, -0.05) is 30.3 Å². The Kier molecular flexibility index (Phi) is 3.96. The molecule has 2 rings (SSSR count). The summed E-state index contributed by atoms with van der Waals surface area (Å²) in [5.41, 5.74) is 1.46. The number of hydrogen-bond acceptors (Lipinski definition) is 2. The number of likely N-dealkylation sites (tertiary alicyclic amines) is 1. The van der Waals surface area contributed by atoms with Gasteiger partial charge in [-0.2, -0.15) is 5.26 Å². The zero-order valence-corrected chi connectivity index (χ0v) is 9.60. The summed E-state index contributed by atoms with van der Waals surface area (Å²) in [7, 11) is 0. The van der Waals surface area contributed by atoms with E-state index in [1.54, 1.807) is 0 Å². The molecule has 0 amide bonds. The molecular formula is C14H18N2. The van der Waals surface area contributed by atoms with Crippen LogP contribution in [0, 0.1) is 11.3 Å². The van der Waals surface area contributed by atoms with Gasteiger partial charge in [0, 0.05) is 13.0 Å². The van der Waals surface area contributed by atoms with Crippen molar-refractivity contribution < 1.29 is 0 Å². The topological polar surface area (TPSA) is 27.0 Å². The number of benzene rings is 1. The fourth-order valence-corrected chi connectivity index (χ4v) is 2.41. The minimum atomic E-state index is 0.687. The second-order valence-electron chi connectivity index (χ2n) is 4.46. The molecule has 1 aromatic rings. The average Bonchev–Trinajstić information content (AvgIpc) is 2.79. The summed E-state index contributed by atoms with van der Waals surface area (Å²) in [4.78, 5) is 2.48. The lowest BCUT2D eigenvalue weighted by molar-refractivity contribution is 0.331. The van der Waals surface area contributed by atoms with Gasteiger partial charge in [-0.25, -0.2) is 0 Å². The van der Waals surface area contributed by atoms with Crippen LogP contribution in [0.3, 0.4) is 0 Å². The Labute approximate surface area is 97.5 Å². The van der Waals surface area contributed by atoms with E-state index in [2.05, 4.69) is 41.3 Å². The Balaban J connectivity index is 1.82. The van der Waals surface area contributed by atoms with E-state index in [9.17, 15) is 0 Å². The predicted octanol–water partition coefficient (Wildman–Crippen LogP) is 2.78. The monoisotopic (exact) mass is 214 g/mol. The van der Waals surface area contributed by atoms with Crippen LogP contribution in [-0.2, 0) is 0 Å². The normalized spacial score (nSPS) is 20.8. The van der Waals surface area contributed by atoms with Crippen molar-refractivity contribution in [1.29, 1.82) is 5.26 Å². The number of nitrogens with zero attached hydrogens (tertiary/aromatic N) is 2. The van der Waals surface area contributed by atoms with E-state index in [0.717, 1.165) is 19.5 Å². The summed E-state index contributed by atoms with van der Waals surface area (Å²) in [6.45, 7) is 3.43. The number of unbranched alkanes of at least 4 members (excludes halogenated alkanes) is 1. The first-order valence-corrected chi connectivity index (χ1v) is 6.04. The smallest absolute Gasteiger partial charge is 0.0622 e. The first-order valence-electron chi connectivity index (χ1n) is 6.04. The Morgan fingerprint density at radius 3 is 2.88 bits per heavy atom. The SMILES string of the molecule is N#CCCCN1CC[C@H](c2ccccc2)C1. The van der Waals surface area contributed by atoms with Crippen molar-refractivity contribution in [3.8, 4) is 6.07 Å². The summed E-state index contributed by atoms with van der Waals surface area (Å²) in [6.07, 6.45) is 2.96. The molecule has 0 bridgehead atoms. The van der Waals surface area contributed by atoms with E-state index >= 15 is 0 Å². The van der Waals surface area contributed by atoms with E-state index in [4.69, 9.17) is 5.26 Å². The lowest BCUT2D eigenvalue weighted by atomic mass is 9.99. The molecule has 1 aromatic carbocycles. The molecule has 1 heterocycles. The zero-order chi connectivity index (χ0) is 11.2. The highest BCUT2D eigenvalue weighted by Gasteiger charge is 2.22. The van der Waals surface area contributed by atoms with Crippen LogP contribution in [0.1, 0.15) is 30.7 Å². The van der Waals surface area contributed by atoms with Crippen molar-refractivity contribution >= 4 is 0 Å². The van der Waals surface area contributed by atoms with Gasteiger partial charge in [0.15, 0.2) is 0 Å². The molecule has 84 valence electrons. The van der Waals surface area contributed by atoms with Gasteiger partial charge in [0.25, 0.3) is 0 Å². The maximum Gasteiger partial charge on any atom is 0.0622 e. The molecule has 16 heavy (non-hydrogen) atoms. The first kappa shape index (κ1) is 11.2. The standard InChI is InChI=1S/C14H18N2/c15-9-4-5-10-16-11-8-14(12-16)13-6-2-1-3-7-13/h1-3,6-7,14H,4-5,8,10-12H2/t14-/m0/s1. The molecule has 2 heteroatoms. The minimum absolute atomic E-state index is 0.687. The predicted molar refractivity (Wildman–Crippen MR) is 65.1 cm³/mol. The van der Waals surface area contributed by atoms with E-state index in [-0.39, 0.29) is 0 Å². The molecule has 0 spiro atoms. The lowest BCUT2D eigenvalue weighted by Crippen LogP contribution is -2.21. The fourth-order valence-electron chi connectivity index (χ4n) is 2.41. The molecule has 0 radical (unpaired) electrons. The van der Waals surface area contributed by atoms with Crippen molar-refractivity contribution in [2.24, 2.45) is 0 Å². The molecular weight excluding hydrogens is 196 g/mol. The van der Waals surface area contributed by atoms with Gasteiger partial charge >= 0.3 is 0 Å². The van der Waals surface area contributed by atoms with Crippen LogP contribution in [0.15, 0.2) is 30.3 Å². The van der Waals surface area contributed by atoms with Crippen LogP contribution in [0.5, 0.6) is 0 Å². The number of nitriles is 1. The first-order chi connectivity index (χ1) is 7.90. The van der Waals surface area contributed by atoms with Gasteiger partial charge in [-0.05, 0) is 37.4 Å². The highest BCUT2D eigenvalue weighted by Crippen LogP contribution is 2.26. The van der Waals surface area contributed by atoms with Crippen LogP contribution in [0.25, 0.3) is 0 Å². The molecule has 1 aliphatic heterocycles. The molecule has 2 nitrogen and oxygen atoms in total. The van der Waals surface area contributed by atoms with Crippen molar-refractivity contribution in [1.82, 2.24) is 4.90 Å². The van der Waals surface area contributed by atoms with Gasteiger partial charge in [0.05, 0.1) is 6.07 Å². The third kappa shape index (κ3) is 2.84. The molecule has 1 fully saturated rings. The van der Waals surface area contributed by atoms with E-state index in [1.807, 2.05) is 0 Å². The number of rotatable bonds is 4. The molecule has 0 aromatic heterocycles. The molecule has 0 unspecified atom stereocenters. The van der Waals surface area contributed by atoms with Gasteiger partial charge in [-0.15, -0.1) is 0 Å². The van der Waals surface area contributed by atoms with Gasteiger partial charge in [0.1, 0.15) is 0 Å². The lowest BCUT2D eigenvalue weighted by Gasteiger charge is -2.15. The van der Waals surface area contributed by atoms with Gasteiger partial charge < -0.3 is 4.90 Å². The van der Waals surface area contributed by atoms with Crippen LogP contribution in [0.2, 0.25) is 0 Å². The highest BCUT2D eigenvalue weighted by atomic mass is 15.1. The van der Waals surface area contributed by atoms with Crippen molar-refractivity contribution in [2.75, 3.05) is 19.6 Å². The van der Waals surface area contributed by atoms with Crippen molar-refractivity contribution in [3.05, 3.63) is 35.9 Å². The summed E-state index contributed by atoms with van der Waals surface area (Å²) in [5.74, 6) is 0.697. The molecule has 1 aliphatic rings. The summed E-state index contributed by atoms with van der Waals surface area (Å²) >= 11 is 0. The van der Waals surface area contributed by atoms with E-state index in [1.165, 1.54) is 18.5 Å². The Bertz CT molecular complexity index is 353. The second-order valence-corrected chi connectivity index (χ2v) is 4.46. The quantitative estimate of drug-likeness (QED) is 0.721. The van der Waals surface area contributed by atoms with Crippen molar-refractivity contribution in [2.45, 2.75) is 25.2 Å². The largest absolute Gasteiger partial charge is 0.303 e. The zero-order valence-electron chi connectivity index (χ0n) is 9.60. The van der Waals surface area contributed by atoms with Crippen LogP contribution >= 0.6 is 0 Å². The Morgan fingerprint density at radius 1 is 1.31 bits per heavy atom. The van der Waals surface area contributed by atoms with Gasteiger partial charge in [-0.3, -0.25) is 0 Å². The summed E-state index contributed by atoms with van der Waals surface area (Å²) < 4.78 is 0. The van der Waals surface area contributed by atoms with Crippen molar-refractivity contribution in [3.63, 3.8) is 0 Å². The highest BCUT2D eigenvalue weighted by molar-refractivity contribution is 5.20. The van der Waals surface area contributed by atoms with E-state index in [0.29, 0.717) is 12.3 Å².